The number of urea groups is 1. The maximum atomic E-state index is 13.7. The highest BCUT2D eigenvalue weighted by Crippen LogP contribution is 2.41. The maximum absolute atomic E-state index is 13.7. The van der Waals surface area contributed by atoms with Crippen LogP contribution in [0.4, 0.5) is 9.18 Å². The zero-order valence-corrected chi connectivity index (χ0v) is 20.5. The first-order valence-corrected chi connectivity index (χ1v) is 11.6. The molecule has 1 aliphatic rings. The number of ether oxygens (including phenoxy) is 2. The molecule has 0 spiro atoms. The molecule has 3 amide bonds. The van der Waals surface area contributed by atoms with Crippen LogP contribution in [0.1, 0.15) is 35.2 Å². The van der Waals surface area contributed by atoms with E-state index in [4.69, 9.17) is 9.47 Å². The molecule has 0 saturated carbocycles. The van der Waals surface area contributed by atoms with E-state index in [-0.39, 0.29) is 11.7 Å². The molecule has 3 aromatic rings. The third-order valence-electron chi connectivity index (χ3n) is 6.24. The molecule has 0 fully saturated rings. The molecule has 9 heteroatoms. The lowest BCUT2D eigenvalue weighted by Gasteiger charge is -2.38. The van der Waals surface area contributed by atoms with Gasteiger partial charge in [0.2, 0.25) is 5.91 Å². The van der Waals surface area contributed by atoms with E-state index in [9.17, 15) is 14.0 Å². The minimum Gasteiger partial charge on any atom is -0.493 e. The van der Waals surface area contributed by atoms with Gasteiger partial charge in [-0.25, -0.2) is 9.18 Å². The predicted octanol–water partition coefficient (Wildman–Crippen LogP) is 3.60. The summed E-state index contributed by atoms with van der Waals surface area (Å²) >= 11 is 0. The lowest BCUT2D eigenvalue weighted by atomic mass is 9.88. The molecule has 0 aliphatic carbocycles. The molecule has 2 N–H and O–H groups in total. The van der Waals surface area contributed by atoms with E-state index >= 15 is 0 Å². The smallest absolute Gasteiger partial charge is 0.318 e. The normalized spacial score (nSPS) is 15.4. The van der Waals surface area contributed by atoms with Crippen molar-refractivity contribution in [1.29, 1.82) is 0 Å². The number of carbonyl (C=O) groups is 2. The molecule has 1 aromatic heterocycles. The second kappa shape index (κ2) is 11.1. The number of nitrogens with zero attached hydrogens (tertiary/aromatic N) is 2. The highest BCUT2D eigenvalue weighted by molar-refractivity contribution is 5.87. The van der Waals surface area contributed by atoms with Crippen LogP contribution in [-0.4, -0.2) is 48.6 Å². The molecule has 2 atom stereocenters. The summed E-state index contributed by atoms with van der Waals surface area (Å²) in [6.45, 7) is 2.35. The highest BCUT2D eigenvalue weighted by atomic mass is 19.1. The van der Waals surface area contributed by atoms with E-state index in [1.54, 1.807) is 56.6 Å². The van der Waals surface area contributed by atoms with Crippen molar-refractivity contribution in [3.05, 3.63) is 89.0 Å². The minimum atomic E-state index is -0.769. The zero-order valence-electron chi connectivity index (χ0n) is 20.5. The fourth-order valence-corrected chi connectivity index (χ4v) is 4.35. The Labute approximate surface area is 209 Å². The fraction of sp³-hybridized carbons (Fsp3) is 0.296. The zero-order chi connectivity index (χ0) is 25.7. The molecule has 8 nitrogen and oxygen atoms in total. The third kappa shape index (κ3) is 5.40. The van der Waals surface area contributed by atoms with Crippen LogP contribution in [0.25, 0.3) is 0 Å². The number of hydrogen-bond donors (Lipinski definition) is 2. The van der Waals surface area contributed by atoms with Crippen LogP contribution in [0.2, 0.25) is 0 Å². The lowest BCUT2D eigenvalue weighted by molar-refractivity contribution is -0.122. The Balaban J connectivity index is 1.57. The number of carbonyl (C=O) groups excluding carboxylic acids is 2. The average molecular weight is 493 g/mol. The number of fused-ring (bicyclic) bond motifs is 1. The highest BCUT2D eigenvalue weighted by Gasteiger charge is 2.34. The van der Waals surface area contributed by atoms with Crippen molar-refractivity contribution in [3.8, 4) is 11.5 Å². The van der Waals surface area contributed by atoms with Gasteiger partial charge < -0.3 is 25.0 Å². The standard InChI is InChI=1S/C27H29FN4O4/c1-17(26(33)30-16-18-5-4-11-29-15-18)31-27(34)32-12-10-20-13-23(35-2)24(36-3)14-22(20)25(32)19-6-8-21(28)9-7-19/h4-9,11,13-15,17,25H,10,12,16H2,1-3H3,(H,30,33)(H,31,34)/t17-,25-/m1/s1. The summed E-state index contributed by atoms with van der Waals surface area (Å²) in [6.07, 6.45) is 3.92. The first-order valence-electron chi connectivity index (χ1n) is 11.6. The fourth-order valence-electron chi connectivity index (χ4n) is 4.35. The van der Waals surface area contributed by atoms with Crippen molar-refractivity contribution < 1.29 is 23.5 Å². The molecule has 4 rings (SSSR count). The Morgan fingerprint density at radius 3 is 2.53 bits per heavy atom. The van der Waals surface area contributed by atoms with Crippen molar-refractivity contribution >= 4 is 11.9 Å². The number of pyridine rings is 1. The van der Waals surface area contributed by atoms with E-state index in [2.05, 4.69) is 15.6 Å². The molecule has 1 aliphatic heterocycles. The van der Waals surface area contributed by atoms with Gasteiger partial charge in [0.15, 0.2) is 11.5 Å². The van der Waals surface area contributed by atoms with E-state index < -0.39 is 18.1 Å². The lowest BCUT2D eigenvalue weighted by Crippen LogP contribution is -2.52. The Hall–Kier alpha value is -4.14. The number of methoxy groups -OCH3 is 2. The van der Waals surface area contributed by atoms with E-state index in [1.165, 1.54) is 12.1 Å². The van der Waals surface area contributed by atoms with Crippen LogP contribution in [0.3, 0.4) is 0 Å². The summed E-state index contributed by atoms with van der Waals surface area (Å²) in [6, 6.07) is 11.8. The third-order valence-corrected chi connectivity index (χ3v) is 6.24. The van der Waals surface area contributed by atoms with Crippen LogP contribution < -0.4 is 20.1 Å². The number of aromatic nitrogens is 1. The van der Waals surface area contributed by atoms with Crippen molar-refractivity contribution in [2.24, 2.45) is 0 Å². The molecule has 0 unspecified atom stereocenters. The quantitative estimate of drug-likeness (QED) is 0.526. The first-order chi connectivity index (χ1) is 17.4. The summed E-state index contributed by atoms with van der Waals surface area (Å²) in [5.74, 6) is 0.464. The van der Waals surface area contributed by atoms with Crippen molar-refractivity contribution in [1.82, 2.24) is 20.5 Å². The molecule has 0 radical (unpaired) electrons. The molecule has 36 heavy (non-hydrogen) atoms. The number of amides is 3. The minimum absolute atomic E-state index is 0.309. The Bertz CT molecular complexity index is 1220. The van der Waals surface area contributed by atoms with Gasteiger partial charge in [0.05, 0.1) is 20.3 Å². The Morgan fingerprint density at radius 1 is 1.14 bits per heavy atom. The van der Waals surface area contributed by atoms with Crippen LogP contribution in [0.15, 0.2) is 60.9 Å². The van der Waals surface area contributed by atoms with Gasteiger partial charge in [-0.1, -0.05) is 18.2 Å². The van der Waals surface area contributed by atoms with E-state index in [0.717, 1.165) is 22.3 Å². The van der Waals surface area contributed by atoms with Crippen LogP contribution in [0.5, 0.6) is 11.5 Å². The van der Waals surface area contributed by atoms with Gasteiger partial charge >= 0.3 is 6.03 Å². The van der Waals surface area contributed by atoms with Gasteiger partial charge in [-0.3, -0.25) is 9.78 Å². The van der Waals surface area contributed by atoms with Crippen molar-refractivity contribution in [2.45, 2.75) is 32.0 Å². The molecule has 0 bridgehead atoms. The van der Waals surface area contributed by atoms with Gasteiger partial charge in [0.25, 0.3) is 0 Å². The molecular formula is C27H29FN4O4. The molecule has 0 saturated heterocycles. The van der Waals surface area contributed by atoms with E-state index in [1.807, 2.05) is 18.2 Å². The SMILES string of the molecule is COc1cc2c(cc1OC)[C@@H](c1ccc(F)cc1)N(C(=O)N[C@H](C)C(=O)NCc1cccnc1)CC2. The number of rotatable bonds is 7. The Morgan fingerprint density at radius 2 is 1.86 bits per heavy atom. The van der Waals surface area contributed by atoms with Gasteiger partial charge in [-0.05, 0) is 65.9 Å². The van der Waals surface area contributed by atoms with Crippen molar-refractivity contribution in [3.63, 3.8) is 0 Å². The summed E-state index contributed by atoms with van der Waals surface area (Å²) in [7, 11) is 3.13. The van der Waals surface area contributed by atoms with Crippen LogP contribution in [-0.2, 0) is 17.8 Å². The second-order valence-electron chi connectivity index (χ2n) is 8.55. The summed E-state index contributed by atoms with van der Waals surface area (Å²) in [5, 5.41) is 5.62. The van der Waals surface area contributed by atoms with Crippen molar-refractivity contribution in [2.75, 3.05) is 20.8 Å². The number of nitrogens with one attached hydrogen (secondary N) is 2. The average Bonchev–Trinajstić information content (AvgIpc) is 2.91. The molecule has 2 heterocycles. The Kier molecular flexibility index (Phi) is 7.68. The van der Waals surface area contributed by atoms with Crippen LogP contribution >= 0.6 is 0 Å². The van der Waals surface area contributed by atoms with Gasteiger partial charge in [-0.2, -0.15) is 0 Å². The largest absolute Gasteiger partial charge is 0.493 e. The summed E-state index contributed by atoms with van der Waals surface area (Å²) in [4.78, 5) is 31.8. The maximum Gasteiger partial charge on any atom is 0.318 e. The van der Waals surface area contributed by atoms with Gasteiger partial charge in [0, 0.05) is 25.5 Å². The predicted molar refractivity (Wildman–Crippen MR) is 132 cm³/mol. The monoisotopic (exact) mass is 492 g/mol. The summed E-state index contributed by atoms with van der Waals surface area (Å²) in [5.41, 5.74) is 3.47. The summed E-state index contributed by atoms with van der Waals surface area (Å²) < 4.78 is 24.7. The molecule has 188 valence electrons. The number of halogens is 1. The number of hydrogen-bond acceptors (Lipinski definition) is 5. The second-order valence-corrected chi connectivity index (χ2v) is 8.55. The number of benzene rings is 2. The first kappa shape index (κ1) is 25.0. The molecule has 2 aromatic carbocycles. The topological polar surface area (TPSA) is 92.8 Å². The van der Waals surface area contributed by atoms with Gasteiger partial charge in [0.1, 0.15) is 11.9 Å². The van der Waals surface area contributed by atoms with E-state index in [0.29, 0.717) is 31.0 Å². The molecular weight excluding hydrogens is 463 g/mol. The van der Waals surface area contributed by atoms with Gasteiger partial charge in [-0.15, -0.1) is 0 Å². The van der Waals surface area contributed by atoms with Crippen LogP contribution in [0, 0.1) is 5.82 Å².